The summed E-state index contributed by atoms with van der Waals surface area (Å²) < 4.78 is 2.01. The minimum atomic E-state index is -0.376. The molecule has 1 aromatic heterocycles. The summed E-state index contributed by atoms with van der Waals surface area (Å²) in [5, 5.41) is 4.47. The van der Waals surface area contributed by atoms with Crippen LogP contribution in [0.2, 0.25) is 0 Å². The zero-order valence-electron chi connectivity index (χ0n) is 12.2. The molecule has 20 heavy (non-hydrogen) atoms. The molecule has 1 aliphatic carbocycles. The van der Waals surface area contributed by atoms with Crippen LogP contribution in [-0.4, -0.2) is 9.78 Å². The maximum atomic E-state index is 6.85. The lowest BCUT2D eigenvalue weighted by atomic mass is 9.81. The van der Waals surface area contributed by atoms with E-state index in [-0.39, 0.29) is 5.54 Å². The van der Waals surface area contributed by atoms with Crippen LogP contribution >= 0.6 is 0 Å². The molecule has 106 valence electrons. The normalized spacial score (nSPS) is 22.3. The zero-order chi connectivity index (χ0) is 14.0. The van der Waals surface area contributed by atoms with Gasteiger partial charge in [0, 0.05) is 18.3 Å². The third kappa shape index (κ3) is 2.27. The van der Waals surface area contributed by atoms with E-state index in [1.165, 1.54) is 24.0 Å². The molecule has 0 aliphatic heterocycles. The number of hydrogen-bond acceptors (Lipinski definition) is 2. The summed E-state index contributed by atoms with van der Waals surface area (Å²) in [4.78, 5) is 0. The zero-order valence-corrected chi connectivity index (χ0v) is 12.2. The van der Waals surface area contributed by atoms with Gasteiger partial charge in [-0.05, 0) is 36.8 Å². The number of fused-ring (bicyclic) bond motifs is 1. The fraction of sp³-hybridized carbons (Fsp3) is 0.471. The Balaban J connectivity index is 2.05. The molecular formula is C17H23N3. The lowest BCUT2D eigenvalue weighted by molar-refractivity contribution is 0.478. The first-order valence-electron chi connectivity index (χ1n) is 7.64. The molecule has 3 heteroatoms. The molecule has 0 saturated heterocycles. The van der Waals surface area contributed by atoms with E-state index in [4.69, 9.17) is 5.73 Å². The van der Waals surface area contributed by atoms with Gasteiger partial charge < -0.3 is 5.73 Å². The number of rotatable bonds is 3. The van der Waals surface area contributed by atoms with Crippen LogP contribution in [0.15, 0.2) is 36.7 Å². The smallest absolute Gasteiger partial charge is 0.0699 e. The second-order valence-corrected chi connectivity index (χ2v) is 5.83. The number of nitrogens with two attached hydrogens (primary N) is 1. The number of aromatic nitrogens is 2. The van der Waals surface area contributed by atoms with Gasteiger partial charge in [-0.1, -0.05) is 37.6 Å². The van der Waals surface area contributed by atoms with Crippen molar-refractivity contribution in [1.82, 2.24) is 9.78 Å². The van der Waals surface area contributed by atoms with Crippen molar-refractivity contribution in [3.05, 3.63) is 53.3 Å². The van der Waals surface area contributed by atoms with Crippen LogP contribution < -0.4 is 5.73 Å². The lowest BCUT2D eigenvalue weighted by Gasteiger charge is -2.29. The molecule has 2 aromatic rings. The van der Waals surface area contributed by atoms with Gasteiger partial charge in [-0.15, -0.1) is 0 Å². The highest BCUT2D eigenvalue weighted by Gasteiger charge is 2.33. The minimum absolute atomic E-state index is 0.376. The molecule has 0 radical (unpaired) electrons. The van der Waals surface area contributed by atoms with Gasteiger partial charge in [0.1, 0.15) is 0 Å². The van der Waals surface area contributed by atoms with Crippen LogP contribution in [0.4, 0.5) is 0 Å². The van der Waals surface area contributed by atoms with Gasteiger partial charge in [0.25, 0.3) is 0 Å². The second-order valence-electron chi connectivity index (χ2n) is 5.83. The maximum absolute atomic E-state index is 6.85. The van der Waals surface area contributed by atoms with Gasteiger partial charge in [0.05, 0.1) is 11.7 Å². The minimum Gasteiger partial charge on any atom is -0.318 e. The Bertz CT molecular complexity index is 587. The van der Waals surface area contributed by atoms with E-state index in [2.05, 4.69) is 42.5 Å². The van der Waals surface area contributed by atoms with Crippen molar-refractivity contribution in [3.63, 3.8) is 0 Å². The molecule has 0 spiro atoms. The quantitative estimate of drug-likeness (QED) is 0.869. The second kappa shape index (κ2) is 5.41. The van der Waals surface area contributed by atoms with E-state index in [0.29, 0.717) is 0 Å². The fourth-order valence-corrected chi connectivity index (χ4v) is 3.27. The van der Waals surface area contributed by atoms with Gasteiger partial charge in [0.2, 0.25) is 0 Å². The molecule has 0 fully saturated rings. The highest BCUT2D eigenvalue weighted by Crippen LogP contribution is 2.37. The molecule has 1 aliphatic rings. The molecule has 0 bridgehead atoms. The molecular weight excluding hydrogens is 246 g/mol. The summed E-state index contributed by atoms with van der Waals surface area (Å²) >= 11 is 0. The van der Waals surface area contributed by atoms with Crippen LogP contribution in [0.1, 0.15) is 49.3 Å². The third-order valence-electron chi connectivity index (χ3n) is 4.37. The Kier molecular flexibility index (Phi) is 3.62. The fourth-order valence-electron chi connectivity index (χ4n) is 3.27. The largest absolute Gasteiger partial charge is 0.318 e. The van der Waals surface area contributed by atoms with Gasteiger partial charge in [-0.25, -0.2) is 0 Å². The van der Waals surface area contributed by atoms with Crippen molar-refractivity contribution in [2.24, 2.45) is 5.73 Å². The Hall–Kier alpha value is -1.61. The highest BCUT2D eigenvalue weighted by molar-refractivity contribution is 5.42. The average Bonchev–Trinajstić information content (AvgIpc) is 2.86. The van der Waals surface area contributed by atoms with Gasteiger partial charge in [-0.3, -0.25) is 4.68 Å². The Labute approximate surface area is 120 Å². The van der Waals surface area contributed by atoms with E-state index < -0.39 is 0 Å². The molecule has 1 aromatic carbocycles. The highest BCUT2D eigenvalue weighted by atomic mass is 15.3. The summed E-state index contributed by atoms with van der Waals surface area (Å²) in [6.45, 7) is 3.12. The first kappa shape index (κ1) is 13.4. The molecule has 3 rings (SSSR count). The Morgan fingerprint density at radius 1 is 1.30 bits per heavy atom. The molecule has 1 atom stereocenters. The molecule has 3 nitrogen and oxygen atoms in total. The van der Waals surface area contributed by atoms with E-state index in [1.54, 1.807) is 0 Å². The summed E-state index contributed by atoms with van der Waals surface area (Å²) in [5.41, 5.74) is 10.3. The predicted molar refractivity (Wildman–Crippen MR) is 81.5 cm³/mol. The van der Waals surface area contributed by atoms with E-state index >= 15 is 0 Å². The van der Waals surface area contributed by atoms with Crippen LogP contribution in [0.3, 0.4) is 0 Å². The number of nitrogens with zero attached hydrogens (tertiary/aromatic N) is 2. The molecule has 1 unspecified atom stereocenters. The Morgan fingerprint density at radius 3 is 3.00 bits per heavy atom. The van der Waals surface area contributed by atoms with Crippen molar-refractivity contribution in [1.29, 1.82) is 0 Å². The van der Waals surface area contributed by atoms with Gasteiger partial charge >= 0.3 is 0 Å². The SMILES string of the molecule is CCCn1cc(C2(N)CCCCc3ccccc32)cn1. The summed E-state index contributed by atoms with van der Waals surface area (Å²) in [6, 6.07) is 8.63. The average molecular weight is 269 g/mol. The van der Waals surface area contributed by atoms with E-state index in [0.717, 1.165) is 31.4 Å². The van der Waals surface area contributed by atoms with Crippen LogP contribution in [0.5, 0.6) is 0 Å². The van der Waals surface area contributed by atoms with Crippen LogP contribution in [0.25, 0.3) is 0 Å². The van der Waals surface area contributed by atoms with Gasteiger partial charge in [-0.2, -0.15) is 5.10 Å². The molecule has 1 heterocycles. The van der Waals surface area contributed by atoms with Crippen molar-refractivity contribution in [3.8, 4) is 0 Å². The first-order chi connectivity index (χ1) is 9.74. The first-order valence-corrected chi connectivity index (χ1v) is 7.64. The summed E-state index contributed by atoms with van der Waals surface area (Å²) in [6.07, 6.45) is 9.71. The van der Waals surface area contributed by atoms with Crippen molar-refractivity contribution < 1.29 is 0 Å². The number of hydrogen-bond donors (Lipinski definition) is 1. The Morgan fingerprint density at radius 2 is 2.15 bits per heavy atom. The predicted octanol–water partition coefficient (Wildman–Crippen LogP) is 3.22. The van der Waals surface area contributed by atoms with E-state index in [9.17, 15) is 0 Å². The molecule has 0 saturated carbocycles. The monoisotopic (exact) mass is 269 g/mol. The maximum Gasteiger partial charge on any atom is 0.0699 e. The number of benzene rings is 1. The van der Waals surface area contributed by atoms with E-state index in [1.807, 2.05) is 10.9 Å². The topological polar surface area (TPSA) is 43.8 Å². The summed E-state index contributed by atoms with van der Waals surface area (Å²) in [7, 11) is 0. The molecule has 2 N–H and O–H groups in total. The van der Waals surface area contributed by atoms with Crippen molar-refractivity contribution in [2.75, 3.05) is 0 Å². The standard InChI is InChI=1S/C17H23N3/c1-2-11-20-13-15(12-19-20)17(18)10-6-5-8-14-7-3-4-9-16(14)17/h3-4,7,9,12-13H,2,5-6,8,10-11,18H2,1H3. The van der Waals surface area contributed by atoms with Crippen LogP contribution in [-0.2, 0) is 18.5 Å². The van der Waals surface area contributed by atoms with Gasteiger partial charge in [0.15, 0.2) is 0 Å². The van der Waals surface area contributed by atoms with Crippen molar-refractivity contribution >= 4 is 0 Å². The molecule has 0 amide bonds. The van der Waals surface area contributed by atoms with Crippen LogP contribution in [0, 0.1) is 0 Å². The summed E-state index contributed by atoms with van der Waals surface area (Å²) in [5.74, 6) is 0. The van der Waals surface area contributed by atoms with Crippen molar-refractivity contribution in [2.45, 2.75) is 51.1 Å². The third-order valence-corrected chi connectivity index (χ3v) is 4.37. The number of aryl methyl sites for hydroxylation is 2. The lowest BCUT2D eigenvalue weighted by Crippen LogP contribution is -2.37.